The molecule has 0 radical (unpaired) electrons. The highest BCUT2D eigenvalue weighted by Gasteiger charge is 2.07. The van der Waals surface area contributed by atoms with Crippen LogP contribution in [0.3, 0.4) is 0 Å². The van der Waals surface area contributed by atoms with Gasteiger partial charge in [-0.15, -0.1) is 0 Å². The number of hydrogen-bond acceptors (Lipinski definition) is 1. The van der Waals surface area contributed by atoms with Crippen LogP contribution >= 0.6 is 0 Å². The van der Waals surface area contributed by atoms with Crippen LogP contribution in [0.1, 0.15) is 32.1 Å². The zero-order valence-electron chi connectivity index (χ0n) is 14.0. The van der Waals surface area contributed by atoms with Gasteiger partial charge in [-0.1, -0.05) is 74.0 Å². The summed E-state index contributed by atoms with van der Waals surface area (Å²) in [6.45, 7) is 8.78. The first-order chi connectivity index (χ1) is 11.3. The molecule has 0 saturated carbocycles. The van der Waals surface area contributed by atoms with Crippen molar-refractivity contribution in [2.24, 2.45) is 0 Å². The van der Waals surface area contributed by atoms with Gasteiger partial charge in [-0.25, -0.2) is 0 Å². The quantitative estimate of drug-likeness (QED) is 0.357. The van der Waals surface area contributed by atoms with Gasteiger partial charge in [0.25, 0.3) is 0 Å². The van der Waals surface area contributed by atoms with Crippen molar-refractivity contribution in [3.05, 3.63) is 85.5 Å². The molecule has 2 aromatic carbocycles. The molecule has 0 bridgehead atoms. The average Bonchev–Trinajstić information content (AvgIpc) is 2.62. The first kappa shape index (κ1) is 17.1. The zero-order valence-corrected chi connectivity index (χ0v) is 14.0. The third kappa shape index (κ3) is 5.78. The van der Waals surface area contributed by atoms with Gasteiger partial charge in [0.15, 0.2) is 0 Å². The van der Waals surface area contributed by atoms with Gasteiger partial charge in [0.05, 0.1) is 0 Å². The highest BCUT2D eigenvalue weighted by molar-refractivity contribution is 5.62. The van der Waals surface area contributed by atoms with Gasteiger partial charge in [0.2, 0.25) is 0 Å². The fourth-order valence-corrected chi connectivity index (χ4v) is 2.70. The van der Waals surface area contributed by atoms with Gasteiger partial charge >= 0.3 is 0 Å². The fraction of sp³-hybridized carbons (Fsp3) is 0.273. The third-order valence-corrected chi connectivity index (χ3v) is 4.05. The monoisotopic (exact) mass is 305 g/mol. The molecule has 0 heterocycles. The van der Waals surface area contributed by atoms with E-state index in [0.717, 1.165) is 18.5 Å². The summed E-state index contributed by atoms with van der Waals surface area (Å²) in [5.74, 6) is 0. The maximum atomic E-state index is 3.97. The molecular weight excluding hydrogens is 278 g/mol. The minimum Gasteiger partial charge on any atom is -0.341 e. The minimum atomic E-state index is 1.05. The molecule has 0 atom stereocenters. The Bertz CT molecular complexity index is 546. The van der Waals surface area contributed by atoms with Crippen LogP contribution in [-0.4, -0.2) is 6.54 Å². The van der Waals surface area contributed by atoms with E-state index in [-0.39, 0.29) is 0 Å². The number of benzene rings is 2. The van der Waals surface area contributed by atoms with E-state index in [1.807, 2.05) is 6.08 Å². The van der Waals surface area contributed by atoms with Crippen LogP contribution in [0.15, 0.2) is 85.5 Å². The summed E-state index contributed by atoms with van der Waals surface area (Å²) in [4.78, 5) is 2.41. The Morgan fingerprint density at radius 1 is 0.783 bits per heavy atom. The summed E-state index contributed by atoms with van der Waals surface area (Å²) in [5.41, 5.74) is 3.68. The summed E-state index contributed by atoms with van der Waals surface area (Å²) in [7, 11) is 0. The molecule has 0 N–H and O–H groups in total. The molecule has 0 saturated heterocycles. The third-order valence-electron chi connectivity index (χ3n) is 4.05. The van der Waals surface area contributed by atoms with Gasteiger partial charge in [0, 0.05) is 17.9 Å². The molecule has 0 unspecified atom stereocenters. The van der Waals surface area contributed by atoms with Gasteiger partial charge in [-0.3, -0.25) is 0 Å². The van der Waals surface area contributed by atoms with Gasteiger partial charge < -0.3 is 4.90 Å². The predicted molar refractivity (Wildman–Crippen MR) is 102 cm³/mol. The van der Waals surface area contributed by atoms with Crippen molar-refractivity contribution in [3.8, 4) is 0 Å². The molecule has 0 aromatic heterocycles. The molecule has 1 nitrogen and oxygen atoms in total. The number of nitrogens with zero attached hydrogens (tertiary/aromatic N) is 1. The second-order valence-corrected chi connectivity index (χ2v) is 5.85. The predicted octanol–water partition coefficient (Wildman–Crippen LogP) is 6.52. The Morgan fingerprint density at radius 3 is 1.83 bits per heavy atom. The summed E-state index contributed by atoms with van der Waals surface area (Å²) in [5, 5.41) is 0. The van der Waals surface area contributed by atoms with E-state index >= 15 is 0 Å². The van der Waals surface area contributed by atoms with Gasteiger partial charge in [-0.2, -0.15) is 0 Å². The van der Waals surface area contributed by atoms with Crippen molar-refractivity contribution in [1.82, 2.24) is 0 Å². The fourth-order valence-electron chi connectivity index (χ4n) is 2.70. The van der Waals surface area contributed by atoms with Gasteiger partial charge in [-0.05, 0) is 43.5 Å². The molecule has 1 heteroatoms. The lowest BCUT2D eigenvalue weighted by Gasteiger charge is -2.25. The lowest BCUT2D eigenvalue weighted by atomic mass is 10.1. The van der Waals surface area contributed by atoms with Crippen LogP contribution < -0.4 is 4.90 Å². The topological polar surface area (TPSA) is 3.24 Å². The van der Waals surface area contributed by atoms with Crippen LogP contribution in [-0.2, 0) is 0 Å². The lowest BCUT2D eigenvalue weighted by molar-refractivity contribution is 0.644. The van der Waals surface area contributed by atoms with Crippen molar-refractivity contribution in [2.75, 3.05) is 11.4 Å². The molecule has 0 aliphatic carbocycles. The summed E-state index contributed by atoms with van der Waals surface area (Å²) >= 11 is 0. The highest BCUT2D eigenvalue weighted by atomic mass is 15.1. The molecule has 120 valence electrons. The minimum absolute atomic E-state index is 1.05. The smallest absolute Gasteiger partial charge is 0.0410 e. The molecule has 23 heavy (non-hydrogen) atoms. The number of rotatable bonds is 10. The summed E-state index contributed by atoms with van der Waals surface area (Å²) in [6, 6.07) is 21.3. The normalized spacial score (nSPS) is 10.3. The van der Waals surface area contributed by atoms with Crippen molar-refractivity contribution in [1.29, 1.82) is 0 Å². The Balaban J connectivity index is 1.87. The molecule has 0 fully saturated rings. The second kappa shape index (κ2) is 9.68. The molecule has 2 aromatic rings. The van der Waals surface area contributed by atoms with Crippen LogP contribution in [0.5, 0.6) is 0 Å². The summed E-state index contributed by atoms with van der Waals surface area (Å²) in [6.07, 6.45) is 7.86. The van der Waals surface area contributed by atoms with Gasteiger partial charge in [0.1, 0.15) is 0 Å². The molecule has 0 amide bonds. The Kier molecular flexibility index (Phi) is 7.19. The van der Waals surface area contributed by atoms with Crippen LogP contribution in [0.25, 0.3) is 0 Å². The van der Waals surface area contributed by atoms with Crippen LogP contribution in [0.2, 0.25) is 0 Å². The number of allylic oxidation sites excluding steroid dienone is 2. The van der Waals surface area contributed by atoms with E-state index in [2.05, 4.69) is 78.7 Å². The van der Waals surface area contributed by atoms with Crippen LogP contribution in [0.4, 0.5) is 11.4 Å². The van der Waals surface area contributed by atoms with E-state index in [9.17, 15) is 0 Å². The number of para-hydroxylation sites is 2. The molecule has 0 aliphatic heterocycles. The van der Waals surface area contributed by atoms with Crippen LogP contribution in [0, 0.1) is 0 Å². The number of anilines is 2. The molecule has 2 rings (SSSR count). The Hall–Kier alpha value is -2.28. The van der Waals surface area contributed by atoms with E-state index < -0.39 is 0 Å². The van der Waals surface area contributed by atoms with E-state index in [1.54, 1.807) is 0 Å². The Morgan fingerprint density at radius 2 is 1.30 bits per heavy atom. The first-order valence-electron chi connectivity index (χ1n) is 8.49. The largest absolute Gasteiger partial charge is 0.341 e. The number of unbranched alkanes of at least 4 members (excludes halogenated alkanes) is 3. The van der Waals surface area contributed by atoms with E-state index in [4.69, 9.17) is 0 Å². The van der Waals surface area contributed by atoms with Crippen molar-refractivity contribution >= 4 is 11.4 Å². The second-order valence-electron chi connectivity index (χ2n) is 5.85. The lowest BCUT2D eigenvalue weighted by Crippen LogP contribution is -2.18. The number of hydrogen-bond donors (Lipinski definition) is 0. The van der Waals surface area contributed by atoms with E-state index in [0.29, 0.717) is 0 Å². The van der Waals surface area contributed by atoms with Crippen molar-refractivity contribution < 1.29 is 0 Å². The van der Waals surface area contributed by atoms with Crippen molar-refractivity contribution in [3.63, 3.8) is 0 Å². The highest BCUT2D eigenvalue weighted by Crippen LogP contribution is 2.25. The molecular formula is C22H27N. The zero-order chi connectivity index (χ0) is 16.3. The van der Waals surface area contributed by atoms with Crippen molar-refractivity contribution in [2.45, 2.75) is 32.1 Å². The molecule has 0 spiro atoms. The molecule has 0 aliphatic rings. The standard InChI is InChI=1S/C22H27N/c1-3-20(2)14-8-4-5-13-19-23(21-15-9-6-10-16-21)22-17-11-7-12-18-22/h3,6-7,9-12,15-18H,1-2,4-5,8,13-14,19H2. The SMILES string of the molecule is C=CC(=C)CCCCCCN(c1ccccc1)c1ccccc1. The maximum Gasteiger partial charge on any atom is 0.0410 e. The summed E-state index contributed by atoms with van der Waals surface area (Å²) < 4.78 is 0. The van der Waals surface area contributed by atoms with E-state index in [1.165, 1.54) is 37.1 Å². The average molecular weight is 305 g/mol. The Labute approximate surface area is 141 Å². The first-order valence-corrected chi connectivity index (χ1v) is 8.49. The maximum absolute atomic E-state index is 3.97.